The van der Waals surface area contributed by atoms with Gasteiger partial charge in [0.25, 0.3) is 5.91 Å². The Morgan fingerprint density at radius 3 is 2.20 bits per heavy atom. The standard InChI is InChI=1S/C18H26N2O4S/c21-17(18(22)9-5-2-6-10-18)19-11-13-20(14-12-19)25(23,24)15-16-7-3-1-4-8-16/h1,3-4,7-8,22H,2,5-6,9-15H2. The molecule has 1 aromatic carbocycles. The second-order valence-corrected chi connectivity index (χ2v) is 8.99. The average molecular weight is 366 g/mol. The first-order valence-electron chi connectivity index (χ1n) is 8.94. The molecule has 25 heavy (non-hydrogen) atoms. The van der Waals surface area contributed by atoms with Crippen LogP contribution in [-0.4, -0.2) is 60.4 Å². The van der Waals surface area contributed by atoms with E-state index in [9.17, 15) is 18.3 Å². The van der Waals surface area contributed by atoms with Crippen molar-refractivity contribution in [1.29, 1.82) is 0 Å². The van der Waals surface area contributed by atoms with Gasteiger partial charge in [0.15, 0.2) is 0 Å². The highest BCUT2D eigenvalue weighted by Crippen LogP contribution is 2.30. The third-order valence-electron chi connectivity index (χ3n) is 5.19. The number of carbonyl (C=O) groups excluding carboxylic acids is 1. The van der Waals surface area contributed by atoms with Gasteiger partial charge in [0, 0.05) is 26.2 Å². The van der Waals surface area contributed by atoms with Crippen molar-refractivity contribution in [2.75, 3.05) is 26.2 Å². The van der Waals surface area contributed by atoms with E-state index in [0.29, 0.717) is 25.9 Å². The van der Waals surface area contributed by atoms with Crippen molar-refractivity contribution in [2.45, 2.75) is 43.5 Å². The van der Waals surface area contributed by atoms with Crippen LogP contribution in [0.1, 0.15) is 37.7 Å². The highest BCUT2D eigenvalue weighted by Gasteiger charge is 2.41. The van der Waals surface area contributed by atoms with Gasteiger partial charge in [-0.3, -0.25) is 4.79 Å². The molecule has 1 aliphatic carbocycles. The van der Waals surface area contributed by atoms with Crippen LogP contribution in [0.2, 0.25) is 0 Å². The summed E-state index contributed by atoms with van der Waals surface area (Å²) < 4.78 is 26.6. The number of hydrogen-bond donors (Lipinski definition) is 1. The fraction of sp³-hybridized carbons (Fsp3) is 0.611. The quantitative estimate of drug-likeness (QED) is 0.873. The SMILES string of the molecule is O=C(N1CCN(S(=O)(=O)Cc2ccccc2)CC1)C1(O)CCCCC1. The third-order valence-corrected chi connectivity index (χ3v) is 7.04. The van der Waals surface area contributed by atoms with E-state index in [0.717, 1.165) is 24.8 Å². The molecule has 1 aliphatic heterocycles. The molecule has 2 fully saturated rings. The number of benzene rings is 1. The summed E-state index contributed by atoms with van der Waals surface area (Å²) in [4.78, 5) is 14.3. The average Bonchev–Trinajstić information content (AvgIpc) is 2.62. The Hall–Kier alpha value is -1.44. The lowest BCUT2D eigenvalue weighted by atomic mass is 9.83. The Labute approximate surface area is 149 Å². The Morgan fingerprint density at radius 1 is 1.00 bits per heavy atom. The number of carbonyl (C=O) groups is 1. The molecule has 6 nitrogen and oxygen atoms in total. The van der Waals surface area contributed by atoms with Gasteiger partial charge in [0.2, 0.25) is 10.0 Å². The zero-order valence-corrected chi connectivity index (χ0v) is 15.2. The van der Waals surface area contributed by atoms with Gasteiger partial charge >= 0.3 is 0 Å². The maximum absolute atomic E-state index is 12.6. The minimum atomic E-state index is -3.39. The third kappa shape index (κ3) is 4.22. The monoisotopic (exact) mass is 366 g/mol. The van der Waals surface area contributed by atoms with Gasteiger partial charge in [-0.25, -0.2) is 8.42 Å². The first kappa shape index (κ1) is 18.4. The topological polar surface area (TPSA) is 77.9 Å². The zero-order valence-electron chi connectivity index (χ0n) is 14.4. The smallest absolute Gasteiger partial charge is 0.254 e. The predicted octanol–water partition coefficient (Wildman–Crippen LogP) is 1.36. The lowest BCUT2D eigenvalue weighted by molar-refractivity contribution is -0.155. The van der Waals surface area contributed by atoms with Crippen LogP contribution in [0.15, 0.2) is 30.3 Å². The molecule has 0 aromatic heterocycles. The Balaban J connectivity index is 1.58. The van der Waals surface area contributed by atoms with Crippen LogP contribution in [0.5, 0.6) is 0 Å². The van der Waals surface area contributed by atoms with E-state index in [4.69, 9.17) is 0 Å². The fourth-order valence-electron chi connectivity index (χ4n) is 3.69. The number of nitrogens with zero attached hydrogens (tertiary/aromatic N) is 2. The maximum Gasteiger partial charge on any atom is 0.254 e. The van der Waals surface area contributed by atoms with Crippen LogP contribution >= 0.6 is 0 Å². The molecule has 138 valence electrons. The van der Waals surface area contributed by atoms with Crippen molar-refractivity contribution in [1.82, 2.24) is 9.21 Å². The molecule has 0 bridgehead atoms. The molecule has 1 saturated carbocycles. The van der Waals surface area contributed by atoms with Gasteiger partial charge in [-0.2, -0.15) is 4.31 Å². The molecular weight excluding hydrogens is 340 g/mol. The molecule has 0 unspecified atom stereocenters. The van der Waals surface area contributed by atoms with Gasteiger partial charge in [0.05, 0.1) is 5.75 Å². The summed E-state index contributed by atoms with van der Waals surface area (Å²) in [5.74, 6) is -0.251. The minimum absolute atomic E-state index is 0.0221. The highest BCUT2D eigenvalue weighted by atomic mass is 32.2. The molecule has 2 aliphatic rings. The summed E-state index contributed by atoms with van der Waals surface area (Å²) >= 11 is 0. The molecule has 0 spiro atoms. The van der Waals surface area contributed by atoms with Gasteiger partial charge in [-0.15, -0.1) is 0 Å². The minimum Gasteiger partial charge on any atom is -0.380 e. The van der Waals surface area contributed by atoms with Crippen molar-refractivity contribution in [3.05, 3.63) is 35.9 Å². The molecular formula is C18H26N2O4S. The molecule has 1 N–H and O–H groups in total. The summed E-state index contributed by atoms with van der Waals surface area (Å²) in [6, 6.07) is 9.11. The number of amides is 1. The second kappa shape index (κ2) is 7.43. The van der Waals surface area contributed by atoms with E-state index in [2.05, 4.69) is 0 Å². The van der Waals surface area contributed by atoms with Crippen LogP contribution in [0, 0.1) is 0 Å². The van der Waals surface area contributed by atoms with Gasteiger partial charge in [-0.1, -0.05) is 49.6 Å². The van der Waals surface area contributed by atoms with Gasteiger partial charge in [0.1, 0.15) is 5.60 Å². The van der Waals surface area contributed by atoms with E-state index in [1.165, 1.54) is 4.31 Å². The number of aliphatic hydroxyl groups is 1. The lowest BCUT2D eigenvalue weighted by Crippen LogP contribution is -2.57. The fourth-order valence-corrected chi connectivity index (χ4v) is 5.21. The van der Waals surface area contributed by atoms with Gasteiger partial charge in [-0.05, 0) is 18.4 Å². The van der Waals surface area contributed by atoms with Crippen LogP contribution in [0.3, 0.4) is 0 Å². The van der Waals surface area contributed by atoms with Crippen molar-refractivity contribution in [3.63, 3.8) is 0 Å². The molecule has 0 atom stereocenters. The van der Waals surface area contributed by atoms with Crippen LogP contribution in [0.4, 0.5) is 0 Å². The second-order valence-electron chi connectivity index (χ2n) is 7.03. The first-order chi connectivity index (χ1) is 11.9. The number of sulfonamides is 1. The summed E-state index contributed by atoms with van der Waals surface area (Å²) in [6.45, 7) is 1.26. The van der Waals surface area contributed by atoms with E-state index < -0.39 is 15.6 Å². The summed E-state index contributed by atoms with van der Waals surface area (Å²) in [6.07, 6.45) is 3.82. The molecule has 1 aromatic rings. The normalized spacial score (nSPS) is 21.9. The summed E-state index contributed by atoms with van der Waals surface area (Å²) in [7, 11) is -3.39. The molecule has 1 heterocycles. The van der Waals surface area contributed by atoms with Crippen LogP contribution in [-0.2, 0) is 20.6 Å². The predicted molar refractivity (Wildman–Crippen MR) is 95.3 cm³/mol. The van der Waals surface area contributed by atoms with Crippen molar-refractivity contribution < 1.29 is 18.3 Å². The Kier molecular flexibility index (Phi) is 5.46. The van der Waals surface area contributed by atoms with Crippen LogP contribution < -0.4 is 0 Å². The zero-order chi connectivity index (χ0) is 17.9. The van der Waals surface area contributed by atoms with E-state index in [-0.39, 0.29) is 24.7 Å². The molecule has 3 rings (SSSR count). The molecule has 7 heteroatoms. The Morgan fingerprint density at radius 2 is 1.60 bits per heavy atom. The van der Waals surface area contributed by atoms with E-state index in [1.807, 2.05) is 18.2 Å². The molecule has 1 saturated heterocycles. The van der Waals surface area contributed by atoms with E-state index >= 15 is 0 Å². The lowest BCUT2D eigenvalue weighted by Gasteiger charge is -2.39. The van der Waals surface area contributed by atoms with Crippen molar-refractivity contribution in [2.24, 2.45) is 0 Å². The molecule has 0 radical (unpaired) electrons. The van der Waals surface area contributed by atoms with Crippen molar-refractivity contribution in [3.8, 4) is 0 Å². The Bertz CT molecular complexity index is 691. The first-order valence-corrected chi connectivity index (χ1v) is 10.6. The number of piperazine rings is 1. The molecule has 1 amide bonds. The van der Waals surface area contributed by atoms with E-state index in [1.54, 1.807) is 17.0 Å². The van der Waals surface area contributed by atoms with Gasteiger partial charge < -0.3 is 10.0 Å². The number of rotatable bonds is 4. The summed E-state index contributed by atoms with van der Waals surface area (Å²) in [5.41, 5.74) is -0.485. The van der Waals surface area contributed by atoms with Crippen molar-refractivity contribution >= 4 is 15.9 Å². The highest BCUT2D eigenvalue weighted by molar-refractivity contribution is 7.88. The summed E-state index contributed by atoms with van der Waals surface area (Å²) in [5, 5.41) is 10.6. The maximum atomic E-state index is 12.6. The largest absolute Gasteiger partial charge is 0.380 e. The number of hydrogen-bond acceptors (Lipinski definition) is 4. The van der Waals surface area contributed by atoms with Crippen LogP contribution in [0.25, 0.3) is 0 Å².